The maximum Gasteiger partial charge on any atom is 0.0716 e. The van der Waals surface area contributed by atoms with Crippen molar-refractivity contribution in [2.24, 2.45) is 0 Å². The van der Waals surface area contributed by atoms with Crippen molar-refractivity contribution in [3.05, 3.63) is 58.4 Å². The molecule has 4 heteroatoms. The second-order valence-corrected chi connectivity index (χ2v) is 5.09. The van der Waals surface area contributed by atoms with Crippen molar-refractivity contribution in [3.8, 4) is 0 Å². The third-order valence-electron chi connectivity index (χ3n) is 3.27. The summed E-state index contributed by atoms with van der Waals surface area (Å²) in [6.45, 7) is 5.53. The summed E-state index contributed by atoms with van der Waals surface area (Å²) in [7, 11) is 0. The van der Waals surface area contributed by atoms with Gasteiger partial charge in [-0.1, -0.05) is 23.7 Å². The predicted molar refractivity (Wildman–Crippen MR) is 83.1 cm³/mol. The van der Waals surface area contributed by atoms with E-state index >= 15 is 0 Å². The number of aliphatic hydroxyl groups is 1. The molecule has 0 aliphatic rings. The molecule has 106 valence electrons. The van der Waals surface area contributed by atoms with Crippen LogP contribution in [-0.2, 0) is 13.2 Å². The van der Waals surface area contributed by atoms with Gasteiger partial charge in [-0.2, -0.15) is 0 Å². The molecule has 1 heterocycles. The van der Waals surface area contributed by atoms with E-state index in [1.54, 1.807) is 6.07 Å². The maximum atomic E-state index is 9.53. The molecule has 0 radical (unpaired) electrons. The number of halogens is 1. The molecule has 0 unspecified atom stereocenters. The van der Waals surface area contributed by atoms with Crippen molar-refractivity contribution >= 4 is 17.3 Å². The number of rotatable bonds is 5. The zero-order valence-electron chi connectivity index (χ0n) is 11.8. The minimum absolute atomic E-state index is 0.0627. The average molecular weight is 291 g/mol. The Morgan fingerprint density at radius 2 is 1.95 bits per heavy atom. The van der Waals surface area contributed by atoms with Gasteiger partial charge in [-0.3, -0.25) is 4.98 Å². The molecule has 0 amide bonds. The fourth-order valence-electron chi connectivity index (χ4n) is 2.25. The van der Waals surface area contributed by atoms with Gasteiger partial charge in [-0.25, -0.2) is 0 Å². The first kappa shape index (κ1) is 14.8. The first-order chi connectivity index (χ1) is 9.65. The van der Waals surface area contributed by atoms with Crippen molar-refractivity contribution in [2.75, 3.05) is 11.4 Å². The highest BCUT2D eigenvalue weighted by atomic mass is 35.5. The molecule has 0 bridgehead atoms. The zero-order chi connectivity index (χ0) is 14.5. The van der Waals surface area contributed by atoms with Gasteiger partial charge in [-0.15, -0.1) is 0 Å². The SMILES string of the molecule is CCN(Cc1cccc(C)n1)c1cccc(Cl)c1CO. The van der Waals surface area contributed by atoms with E-state index in [4.69, 9.17) is 11.6 Å². The van der Waals surface area contributed by atoms with Gasteiger partial charge in [0.05, 0.1) is 18.8 Å². The zero-order valence-corrected chi connectivity index (χ0v) is 12.6. The minimum Gasteiger partial charge on any atom is -0.392 e. The number of hydrogen-bond donors (Lipinski definition) is 1. The number of anilines is 1. The van der Waals surface area contributed by atoms with Crippen LogP contribution in [0, 0.1) is 6.92 Å². The molecule has 1 aromatic carbocycles. The highest BCUT2D eigenvalue weighted by molar-refractivity contribution is 6.31. The van der Waals surface area contributed by atoms with E-state index in [2.05, 4.69) is 16.8 Å². The van der Waals surface area contributed by atoms with Crippen LogP contribution in [0.1, 0.15) is 23.9 Å². The fraction of sp³-hybridized carbons (Fsp3) is 0.312. The molecule has 0 spiro atoms. The van der Waals surface area contributed by atoms with Crippen molar-refractivity contribution < 1.29 is 5.11 Å². The number of benzene rings is 1. The van der Waals surface area contributed by atoms with Gasteiger partial charge >= 0.3 is 0 Å². The monoisotopic (exact) mass is 290 g/mol. The lowest BCUT2D eigenvalue weighted by Gasteiger charge is -2.25. The van der Waals surface area contributed by atoms with Crippen LogP contribution in [0.4, 0.5) is 5.69 Å². The van der Waals surface area contributed by atoms with Crippen LogP contribution in [0.3, 0.4) is 0 Å². The van der Waals surface area contributed by atoms with E-state index in [0.29, 0.717) is 11.6 Å². The Labute approximate surface area is 124 Å². The molecular formula is C16H19ClN2O. The Kier molecular flexibility index (Phi) is 4.99. The molecule has 2 aromatic rings. The first-order valence-electron chi connectivity index (χ1n) is 6.71. The molecule has 0 aliphatic heterocycles. The van der Waals surface area contributed by atoms with Gasteiger partial charge < -0.3 is 10.0 Å². The van der Waals surface area contributed by atoms with Crippen LogP contribution in [0.25, 0.3) is 0 Å². The topological polar surface area (TPSA) is 36.4 Å². The lowest BCUT2D eigenvalue weighted by atomic mass is 10.1. The Bertz CT molecular complexity index is 586. The molecule has 0 saturated heterocycles. The normalized spacial score (nSPS) is 10.6. The number of hydrogen-bond acceptors (Lipinski definition) is 3. The van der Waals surface area contributed by atoms with Gasteiger partial charge in [-0.05, 0) is 38.1 Å². The van der Waals surface area contributed by atoms with Gasteiger partial charge in [0.15, 0.2) is 0 Å². The van der Waals surface area contributed by atoms with E-state index < -0.39 is 0 Å². The Morgan fingerprint density at radius 3 is 2.60 bits per heavy atom. The molecule has 20 heavy (non-hydrogen) atoms. The van der Waals surface area contributed by atoms with Gasteiger partial charge in [0.1, 0.15) is 0 Å². The molecule has 0 aliphatic carbocycles. The van der Waals surface area contributed by atoms with Gasteiger partial charge in [0.2, 0.25) is 0 Å². The molecule has 2 rings (SSSR count). The molecule has 3 nitrogen and oxygen atoms in total. The van der Waals surface area contributed by atoms with Crippen LogP contribution < -0.4 is 4.90 Å². The van der Waals surface area contributed by atoms with Crippen molar-refractivity contribution in [3.63, 3.8) is 0 Å². The third kappa shape index (κ3) is 3.30. The number of aryl methyl sites for hydroxylation is 1. The first-order valence-corrected chi connectivity index (χ1v) is 7.09. The fourth-order valence-corrected chi connectivity index (χ4v) is 2.48. The number of nitrogens with zero attached hydrogens (tertiary/aromatic N) is 2. The standard InChI is InChI=1S/C16H19ClN2O/c1-3-19(10-13-7-4-6-12(2)18-13)16-9-5-8-15(17)14(16)11-20/h4-9,20H,3,10-11H2,1-2H3. The summed E-state index contributed by atoms with van der Waals surface area (Å²) in [5.41, 5.74) is 3.75. The van der Waals surface area contributed by atoms with Gasteiger partial charge in [0, 0.05) is 28.5 Å². The lowest BCUT2D eigenvalue weighted by molar-refractivity contribution is 0.282. The number of aromatic nitrogens is 1. The maximum absolute atomic E-state index is 9.53. The second-order valence-electron chi connectivity index (χ2n) is 4.68. The van der Waals surface area contributed by atoms with Crippen molar-refractivity contribution in [1.29, 1.82) is 0 Å². The Balaban J connectivity index is 2.31. The average Bonchev–Trinajstić information content (AvgIpc) is 2.44. The summed E-state index contributed by atoms with van der Waals surface area (Å²) < 4.78 is 0. The molecule has 1 aromatic heterocycles. The predicted octanol–water partition coefficient (Wildman–Crippen LogP) is 3.56. The second kappa shape index (κ2) is 6.73. The summed E-state index contributed by atoms with van der Waals surface area (Å²) in [5, 5.41) is 10.1. The quantitative estimate of drug-likeness (QED) is 0.915. The van der Waals surface area contributed by atoms with Crippen LogP contribution in [0.2, 0.25) is 5.02 Å². The summed E-state index contributed by atoms with van der Waals surface area (Å²) in [4.78, 5) is 6.69. The van der Waals surface area contributed by atoms with E-state index in [1.807, 2.05) is 37.3 Å². The molecule has 0 atom stereocenters. The number of pyridine rings is 1. The third-order valence-corrected chi connectivity index (χ3v) is 3.63. The molecule has 0 saturated carbocycles. The number of aliphatic hydroxyl groups excluding tert-OH is 1. The smallest absolute Gasteiger partial charge is 0.0716 e. The van der Waals surface area contributed by atoms with Gasteiger partial charge in [0.25, 0.3) is 0 Å². The molecule has 1 N–H and O–H groups in total. The van der Waals surface area contributed by atoms with Crippen molar-refractivity contribution in [1.82, 2.24) is 4.98 Å². The molecular weight excluding hydrogens is 272 g/mol. The lowest BCUT2D eigenvalue weighted by Crippen LogP contribution is -2.24. The largest absolute Gasteiger partial charge is 0.392 e. The van der Waals surface area contributed by atoms with E-state index in [0.717, 1.165) is 29.2 Å². The minimum atomic E-state index is -0.0627. The summed E-state index contributed by atoms with van der Waals surface area (Å²) in [5.74, 6) is 0. The Morgan fingerprint density at radius 1 is 1.20 bits per heavy atom. The van der Waals surface area contributed by atoms with Crippen LogP contribution in [0.5, 0.6) is 0 Å². The summed E-state index contributed by atoms with van der Waals surface area (Å²) in [6, 6.07) is 11.7. The van der Waals surface area contributed by atoms with Crippen LogP contribution in [0.15, 0.2) is 36.4 Å². The van der Waals surface area contributed by atoms with E-state index in [1.165, 1.54) is 0 Å². The Hall–Kier alpha value is -1.58. The highest BCUT2D eigenvalue weighted by Gasteiger charge is 2.13. The van der Waals surface area contributed by atoms with Crippen molar-refractivity contribution in [2.45, 2.75) is 27.0 Å². The van der Waals surface area contributed by atoms with Crippen LogP contribution >= 0.6 is 11.6 Å². The van der Waals surface area contributed by atoms with E-state index in [-0.39, 0.29) is 6.61 Å². The molecule has 0 fully saturated rings. The van der Waals surface area contributed by atoms with Crippen LogP contribution in [-0.4, -0.2) is 16.6 Å². The summed E-state index contributed by atoms with van der Waals surface area (Å²) >= 11 is 6.16. The highest BCUT2D eigenvalue weighted by Crippen LogP contribution is 2.28. The summed E-state index contributed by atoms with van der Waals surface area (Å²) in [6.07, 6.45) is 0. The van der Waals surface area contributed by atoms with E-state index in [9.17, 15) is 5.11 Å².